The van der Waals surface area contributed by atoms with Crippen LogP contribution < -0.4 is 10.5 Å². The standard InChI is InChI=1S/C12H11Br2NO2/c1-16-12-4-8(9(13)5-10(12)14)11-3-2-7(6-15)17-11/h2-5H,6,15H2,1H3. The molecule has 3 nitrogen and oxygen atoms in total. The van der Waals surface area contributed by atoms with Crippen molar-refractivity contribution in [2.75, 3.05) is 7.11 Å². The van der Waals surface area contributed by atoms with Gasteiger partial charge in [-0.15, -0.1) is 0 Å². The van der Waals surface area contributed by atoms with E-state index in [1.165, 1.54) is 0 Å². The summed E-state index contributed by atoms with van der Waals surface area (Å²) in [7, 11) is 1.63. The molecular formula is C12H11Br2NO2. The van der Waals surface area contributed by atoms with Gasteiger partial charge in [-0.2, -0.15) is 0 Å². The van der Waals surface area contributed by atoms with Crippen molar-refractivity contribution in [1.82, 2.24) is 0 Å². The molecule has 17 heavy (non-hydrogen) atoms. The maximum absolute atomic E-state index is 5.61. The quantitative estimate of drug-likeness (QED) is 0.901. The summed E-state index contributed by atoms with van der Waals surface area (Å²) in [5, 5.41) is 0. The van der Waals surface area contributed by atoms with Gasteiger partial charge < -0.3 is 14.9 Å². The Morgan fingerprint density at radius 2 is 2.00 bits per heavy atom. The molecule has 0 spiro atoms. The highest BCUT2D eigenvalue weighted by atomic mass is 79.9. The Labute approximate surface area is 116 Å². The Morgan fingerprint density at radius 1 is 1.24 bits per heavy atom. The third kappa shape index (κ3) is 2.56. The molecule has 1 heterocycles. The van der Waals surface area contributed by atoms with Gasteiger partial charge in [-0.1, -0.05) is 0 Å². The maximum atomic E-state index is 5.61. The van der Waals surface area contributed by atoms with Gasteiger partial charge in [0.1, 0.15) is 17.3 Å². The van der Waals surface area contributed by atoms with Crippen molar-refractivity contribution >= 4 is 31.9 Å². The molecule has 0 bridgehead atoms. The minimum absolute atomic E-state index is 0.394. The number of halogens is 2. The third-order valence-electron chi connectivity index (χ3n) is 2.37. The van der Waals surface area contributed by atoms with Crippen LogP contribution in [-0.4, -0.2) is 7.11 Å². The number of benzene rings is 1. The van der Waals surface area contributed by atoms with Gasteiger partial charge >= 0.3 is 0 Å². The lowest BCUT2D eigenvalue weighted by molar-refractivity contribution is 0.412. The Bertz CT molecular complexity index is 537. The minimum atomic E-state index is 0.394. The first-order valence-corrected chi connectivity index (χ1v) is 6.56. The topological polar surface area (TPSA) is 48.4 Å². The van der Waals surface area contributed by atoms with Gasteiger partial charge in [0.2, 0.25) is 0 Å². The van der Waals surface area contributed by atoms with Gasteiger partial charge in [0.25, 0.3) is 0 Å². The third-order valence-corrected chi connectivity index (χ3v) is 3.65. The molecule has 0 aliphatic carbocycles. The van der Waals surface area contributed by atoms with Crippen molar-refractivity contribution in [3.05, 3.63) is 39.0 Å². The molecule has 0 saturated heterocycles. The Kier molecular flexibility index (Phi) is 3.91. The zero-order valence-corrected chi connectivity index (χ0v) is 12.3. The SMILES string of the molecule is COc1cc(-c2ccc(CN)o2)c(Br)cc1Br. The zero-order chi connectivity index (χ0) is 12.4. The van der Waals surface area contributed by atoms with E-state index in [2.05, 4.69) is 31.9 Å². The highest BCUT2D eigenvalue weighted by molar-refractivity contribution is 9.11. The van der Waals surface area contributed by atoms with E-state index in [-0.39, 0.29) is 0 Å². The van der Waals surface area contributed by atoms with Gasteiger partial charge in [-0.05, 0) is 56.1 Å². The molecule has 0 amide bonds. The summed E-state index contributed by atoms with van der Waals surface area (Å²) >= 11 is 6.93. The zero-order valence-electron chi connectivity index (χ0n) is 9.17. The Morgan fingerprint density at radius 3 is 2.59 bits per heavy atom. The molecule has 0 atom stereocenters. The first-order chi connectivity index (χ1) is 8.15. The summed E-state index contributed by atoms with van der Waals surface area (Å²) in [4.78, 5) is 0. The number of furan rings is 1. The molecule has 2 N–H and O–H groups in total. The summed E-state index contributed by atoms with van der Waals surface area (Å²) in [5.74, 6) is 2.28. The monoisotopic (exact) mass is 359 g/mol. The lowest BCUT2D eigenvalue weighted by Gasteiger charge is -2.07. The molecule has 1 aromatic carbocycles. The second-order valence-corrected chi connectivity index (χ2v) is 5.15. The summed E-state index contributed by atoms with van der Waals surface area (Å²) < 4.78 is 12.7. The second-order valence-electron chi connectivity index (χ2n) is 3.44. The molecule has 5 heteroatoms. The van der Waals surface area contributed by atoms with Crippen LogP contribution in [0.25, 0.3) is 11.3 Å². The molecule has 0 aliphatic heterocycles. The Hall–Kier alpha value is -0.780. The fraction of sp³-hybridized carbons (Fsp3) is 0.167. The fourth-order valence-corrected chi connectivity index (χ4v) is 2.86. The summed E-state index contributed by atoms with van der Waals surface area (Å²) in [6.45, 7) is 0.394. The molecular weight excluding hydrogens is 350 g/mol. The molecule has 0 saturated carbocycles. The van der Waals surface area contributed by atoms with Crippen molar-refractivity contribution in [3.63, 3.8) is 0 Å². The number of hydrogen-bond acceptors (Lipinski definition) is 3. The second kappa shape index (κ2) is 5.25. The van der Waals surface area contributed by atoms with Crippen LogP contribution in [0, 0.1) is 0 Å². The van der Waals surface area contributed by atoms with E-state index >= 15 is 0 Å². The number of nitrogens with two attached hydrogens (primary N) is 1. The van der Waals surface area contributed by atoms with Gasteiger partial charge in [-0.25, -0.2) is 0 Å². The summed E-state index contributed by atoms with van der Waals surface area (Å²) in [6.07, 6.45) is 0. The molecule has 0 aliphatic rings. The van der Waals surface area contributed by atoms with Crippen molar-refractivity contribution < 1.29 is 9.15 Å². The number of rotatable bonds is 3. The first kappa shape index (κ1) is 12.7. The molecule has 2 rings (SSSR count). The van der Waals surface area contributed by atoms with Gasteiger partial charge in [0.15, 0.2) is 0 Å². The van der Waals surface area contributed by atoms with Gasteiger partial charge in [0, 0.05) is 10.0 Å². The van der Waals surface area contributed by atoms with Crippen LogP contribution in [-0.2, 0) is 6.54 Å². The van der Waals surface area contributed by atoms with Crippen LogP contribution >= 0.6 is 31.9 Å². The molecule has 90 valence electrons. The smallest absolute Gasteiger partial charge is 0.135 e. The predicted octanol–water partition coefficient (Wildman–Crippen LogP) is 3.94. The van der Waals surface area contributed by atoms with Gasteiger partial charge in [0.05, 0.1) is 18.1 Å². The Balaban J connectivity index is 2.50. The molecule has 0 fully saturated rings. The maximum Gasteiger partial charge on any atom is 0.135 e. The van der Waals surface area contributed by atoms with Crippen molar-refractivity contribution in [3.8, 4) is 17.1 Å². The van der Waals surface area contributed by atoms with Crippen LogP contribution in [0.4, 0.5) is 0 Å². The van der Waals surface area contributed by atoms with E-state index in [9.17, 15) is 0 Å². The van der Waals surface area contributed by atoms with Crippen molar-refractivity contribution in [2.45, 2.75) is 6.54 Å². The summed E-state index contributed by atoms with van der Waals surface area (Å²) in [6, 6.07) is 7.61. The van der Waals surface area contributed by atoms with E-state index in [0.29, 0.717) is 6.54 Å². The van der Waals surface area contributed by atoms with Gasteiger partial charge in [-0.3, -0.25) is 0 Å². The van der Waals surface area contributed by atoms with Crippen molar-refractivity contribution in [2.24, 2.45) is 5.73 Å². The average Bonchev–Trinajstić information content (AvgIpc) is 2.78. The molecule has 1 aromatic heterocycles. The highest BCUT2D eigenvalue weighted by Crippen LogP contribution is 2.37. The van der Waals surface area contributed by atoms with E-state index in [1.807, 2.05) is 24.3 Å². The first-order valence-electron chi connectivity index (χ1n) is 4.98. The van der Waals surface area contributed by atoms with Crippen LogP contribution in [0.1, 0.15) is 5.76 Å². The van der Waals surface area contributed by atoms with E-state index in [1.54, 1.807) is 7.11 Å². The van der Waals surface area contributed by atoms with Crippen LogP contribution in [0.15, 0.2) is 37.6 Å². The number of ether oxygens (including phenoxy) is 1. The van der Waals surface area contributed by atoms with Crippen LogP contribution in [0.3, 0.4) is 0 Å². The predicted molar refractivity (Wildman–Crippen MR) is 74.0 cm³/mol. The summed E-state index contributed by atoms with van der Waals surface area (Å²) in [5.41, 5.74) is 6.46. The molecule has 0 unspecified atom stereocenters. The minimum Gasteiger partial charge on any atom is -0.496 e. The van der Waals surface area contributed by atoms with Crippen LogP contribution in [0.2, 0.25) is 0 Å². The molecule has 0 radical (unpaired) electrons. The largest absolute Gasteiger partial charge is 0.496 e. The highest BCUT2D eigenvalue weighted by Gasteiger charge is 2.12. The average molecular weight is 361 g/mol. The van der Waals surface area contributed by atoms with Crippen molar-refractivity contribution in [1.29, 1.82) is 0 Å². The number of methoxy groups -OCH3 is 1. The fourth-order valence-electron chi connectivity index (χ4n) is 1.51. The normalized spacial score (nSPS) is 10.6. The number of hydrogen-bond donors (Lipinski definition) is 1. The molecule has 2 aromatic rings. The lowest BCUT2D eigenvalue weighted by Crippen LogP contribution is -1.92. The van der Waals surface area contributed by atoms with E-state index in [0.717, 1.165) is 31.8 Å². The van der Waals surface area contributed by atoms with E-state index in [4.69, 9.17) is 14.9 Å². The van der Waals surface area contributed by atoms with Crippen LogP contribution in [0.5, 0.6) is 5.75 Å². The van der Waals surface area contributed by atoms with E-state index < -0.39 is 0 Å². The lowest BCUT2D eigenvalue weighted by atomic mass is 10.1.